The van der Waals surface area contributed by atoms with Crippen LogP contribution in [0.3, 0.4) is 0 Å². The van der Waals surface area contributed by atoms with Crippen molar-refractivity contribution in [3.63, 3.8) is 0 Å². The Labute approximate surface area is 121 Å². The number of carbonyl (C=O) groups excluding carboxylic acids is 1. The van der Waals surface area contributed by atoms with Gasteiger partial charge in [-0.2, -0.15) is 0 Å². The molecule has 0 saturated heterocycles. The van der Waals surface area contributed by atoms with Gasteiger partial charge in [-0.25, -0.2) is 4.79 Å². The van der Waals surface area contributed by atoms with Crippen molar-refractivity contribution in [2.24, 2.45) is 0 Å². The standard InChI is InChI=1S/C15H13NO5/c1-20-14-5-3-2-4-12(14)10-21-15(17)11-6-8-13(9-7-11)16(18)19/h2-9H,10H2,1H3. The van der Waals surface area contributed by atoms with Gasteiger partial charge in [-0.15, -0.1) is 0 Å². The van der Waals surface area contributed by atoms with Crippen molar-refractivity contribution in [1.82, 2.24) is 0 Å². The molecule has 0 aliphatic heterocycles. The first-order chi connectivity index (χ1) is 10.1. The van der Waals surface area contributed by atoms with Crippen molar-refractivity contribution in [3.05, 3.63) is 69.8 Å². The number of rotatable bonds is 5. The number of nitrogens with zero attached hydrogens (tertiary/aromatic N) is 1. The van der Waals surface area contributed by atoms with Gasteiger partial charge in [-0.3, -0.25) is 10.1 Å². The van der Waals surface area contributed by atoms with E-state index < -0.39 is 10.9 Å². The summed E-state index contributed by atoms with van der Waals surface area (Å²) in [6.07, 6.45) is 0. The maximum absolute atomic E-state index is 11.9. The van der Waals surface area contributed by atoms with E-state index in [0.717, 1.165) is 5.56 Å². The number of benzene rings is 2. The van der Waals surface area contributed by atoms with Crippen LogP contribution in [0.15, 0.2) is 48.5 Å². The Kier molecular flexibility index (Phi) is 4.50. The van der Waals surface area contributed by atoms with Gasteiger partial charge < -0.3 is 9.47 Å². The number of ether oxygens (including phenoxy) is 2. The van der Waals surface area contributed by atoms with Gasteiger partial charge >= 0.3 is 5.97 Å². The van der Waals surface area contributed by atoms with E-state index in [9.17, 15) is 14.9 Å². The molecule has 108 valence electrons. The summed E-state index contributed by atoms with van der Waals surface area (Å²) in [5, 5.41) is 10.5. The van der Waals surface area contributed by atoms with Gasteiger partial charge in [0.25, 0.3) is 5.69 Å². The fraction of sp³-hybridized carbons (Fsp3) is 0.133. The Bertz CT molecular complexity index is 651. The van der Waals surface area contributed by atoms with Gasteiger partial charge in [0.15, 0.2) is 0 Å². The Balaban J connectivity index is 2.03. The zero-order chi connectivity index (χ0) is 15.2. The Morgan fingerprint density at radius 3 is 2.43 bits per heavy atom. The second-order valence-corrected chi connectivity index (χ2v) is 4.19. The van der Waals surface area contributed by atoms with Crippen LogP contribution in [0.25, 0.3) is 0 Å². The molecule has 0 aliphatic rings. The molecule has 0 N–H and O–H groups in total. The second kappa shape index (κ2) is 6.51. The lowest BCUT2D eigenvalue weighted by molar-refractivity contribution is -0.384. The van der Waals surface area contributed by atoms with Gasteiger partial charge in [-0.1, -0.05) is 18.2 Å². The van der Waals surface area contributed by atoms with Crippen molar-refractivity contribution >= 4 is 11.7 Å². The maximum atomic E-state index is 11.9. The van der Waals surface area contributed by atoms with Crippen LogP contribution in [0, 0.1) is 10.1 Å². The largest absolute Gasteiger partial charge is 0.496 e. The normalized spacial score (nSPS) is 9.95. The highest BCUT2D eigenvalue weighted by Crippen LogP contribution is 2.19. The monoisotopic (exact) mass is 287 g/mol. The quantitative estimate of drug-likeness (QED) is 0.480. The SMILES string of the molecule is COc1ccccc1COC(=O)c1ccc([N+](=O)[O-])cc1. The van der Waals surface area contributed by atoms with Crippen LogP contribution < -0.4 is 4.74 Å². The summed E-state index contributed by atoms with van der Waals surface area (Å²) in [5.41, 5.74) is 0.932. The minimum atomic E-state index is -0.546. The maximum Gasteiger partial charge on any atom is 0.338 e. The molecule has 0 radical (unpaired) electrons. The van der Waals surface area contributed by atoms with Crippen molar-refractivity contribution in [3.8, 4) is 5.75 Å². The van der Waals surface area contributed by atoms with E-state index in [-0.39, 0.29) is 17.9 Å². The number of carbonyl (C=O) groups is 1. The molecule has 6 nitrogen and oxygen atoms in total. The summed E-state index contributed by atoms with van der Waals surface area (Å²) in [6.45, 7) is 0.0693. The Morgan fingerprint density at radius 2 is 1.81 bits per heavy atom. The number of hydrogen-bond acceptors (Lipinski definition) is 5. The van der Waals surface area contributed by atoms with Crippen LogP contribution in [0.4, 0.5) is 5.69 Å². The number of esters is 1. The smallest absolute Gasteiger partial charge is 0.338 e. The molecular weight excluding hydrogens is 274 g/mol. The predicted octanol–water partition coefficient (Wildman–Crippen LogP) is 2.96. The third-order valence-electron chi connectivity index (χ3n) is 2.87. The molecule has 0 atom stereocenters. The van der Waals surface area contributed by atoms with Gasteiger partial charge in [0.05, 0.1) is 17.6 Å². The molecule has 0 bridgehead atoms. The molecule has 2 rings (SSSR count). The molecule has 0 fully saturated rings. The van der Waals surface area contributed by atoms with E-state index >= 15 is 0 Å². The summed E-state index contributed by atoms with van der Waals surface area (Å²) in [7, 11) is 1.54. The number of methoxy groups -OCH3 is 1. The molecule has 0 saturated carbocycles. The van der Waals surface area contributed by atoms with Crippen molar-refractivity contribution in [2.45, 2.75) is 6.61 Å². The molecule has 6 heteroatoms. The fourth-order valence-corrected chi connectivity index (χ4v) is 1.77. The first kappa shape index (κ1) is 14.5. The van der Waals surface area contributed by atoms with E-state index in [1.807, 2.05) is 12.1 Å². The topological polar surface area (TPSA) is 78.7 Å². The zero-order valence-electron chi connectivity index (χ0n) is 11.3. The number of hydrogen-bond donors (Lipinski definition) is 0. The number of nitro groups is 1. The zero-order valence-corrected chi connectivity index (χ0v) is 11.3. The highest BCUT2D eigenvalue weighted by atomic mass is 16.6. The lowest BCUT2D eigenvalue weighted by Crippen LogP contribution is -2.06. The van der Waals surface area contributed by atoms with E-state index in [2.05, 4.69) is 0 Å². The number of non-ortho nitro benzene ring substituents is 1. The Hall–Kier alpha value is -2.89. The van der Waals surface area contributed by atoms with Crippen molar-refractivity contribution in [2.75, 3.05) is 7.11 Å². The molecule has 0 aromatic heterocycles. The van der Waals surface area contributed by atoms with E-state index in [0.29, 0.717) is 5.75 Å². The highest BCUT2D eigenvalue weighted by Gasteiger charge is 2.11. The van der Waals surface area contributed by atoms with Crippen LogP contribution in [-0.2, 0) is 11.3 Å². The first-order valence-corrected chi connectivity index (χ1v) is 6.15. The molecule has 21 heavy (non-hydrogen) atoms. The fourth-order valence-electron chi connectivity index (χ4n) is 1.77. The number of para-hydroxylation sites is 1. The van der Waals surface area contributed by atoms with Crippen LogP contribution >= 0.6 is 0 Å². The molecule has 2 aromatic rings. The van der Waals surface area contributed by atoms with E-state index in [4.69, 9.17) is 9.47 Å². The van der Waals surface area contributed by atoms with Crippen LogP contribution in [0.1, 0.15) is 15.9 Å². The third-order valence-corrected chi connectivity index (χ3v) is 2.87. The molecule has 0 aliphatic carbocycles. The molecule has 0 unspecified atom stereocenters. The van der Waals surface area contributed by atoms with Crippen LogP contribution in [0.2, 0.25) is 0 Å². The summed E-state index contributed by atoms with van der Waals surface area (Å²) >= 11 is 0. The molecule has 0 amide bonds. The van der Waals surface area contributed by atoms with E-state index in [1.54, 1.807) is 12.1 Å². The second-order valence-electron chi connectivity index (χ2n) is 4.19. The van der Waals surface area contributed by atoms with Gasteiger partial charge in [-0.05, 0) is 18.2 Å². The average Bonchev–Trinajstić information content (AvgIpc) is 2.52. The third kappa shape index (κ3) is 3.56. The summed E-state index contributed by atoms with van der Waals surface area (Å²) < 4.78 is 10.3. The Morgan fingerprint density at radius 1 is 1.14 bits per heavy atom. The van der Waals surface area contributed by atoms with Crippen LogP contribution in [0.5, 0.6) is 5.75 Å². The molecule has 0 spiro atoms. The van der Waals surface area contributed by atoms with Gasteiger partial charge in [0.1, 0.15) is 12.4 Å². The summed E-state index contributed by atoms with van der Waals surface area (Å²) in [4.78, 5) is 21.9. The summed E-state index contributed by atoms with van der Waals surface area (Å²) in [6, 6.07) is 12.5. The van der Waals surface area contributed by atoms with Gasteiger partial charge in [0, 0.05) is 17.7 Å². The lowest BCUT2D eigenvalue weighted by atomic mass is 10.2. The van der Waals surface area contributed by atoms with Crippen LogP contribution in [-0.4, -0.2) is 18.0 Å². The minimum Gasteiger partial charge on any atom is -0.496 e. The first-order valence-electron chi connectivity index (χ1n) is 6.15. The van der Waals surface area contributed by atoms with Gasteiger partial charge in [0.2, 0.25) is 0 Å². The molecular formula is C15H13NO5. The van der Waals surface area contributed by atoms with E-state index in [1.165, 1.54) is 31.4 Å². The average molecular weight is 287 g/mol. The minimum absolute atomic E-state index is 0.0693. The van der Waals surface area contributed by atoms with Crippen molar-refractivity contribution < 1.29 is 19.2 Å². The number of nitro benzene ring substituents is 1. The molecule has 2 aromatic carbocycles. The highest BCUT2D eigenvalue weighted by molar-refractivity contribution is 5.89. The van der Waals surface area contributed by atoms with Crippen molar-refractivity contribution in [1.29, 1.82) is 0 Å². The predicted molar refractivity (Wildman–Crippen MR) is 75.2 cm³/mol. The summed E-state index contributed by atoms with van der Waals surface area (Å²) in [5.74, 6) is 0.0878. The lowest BCUT2D eigenvalue weighted by Gasteiger charge is -2.09. The molecule has 0 heterocycles.